The number of hydrazone groups is 1. The number of alkyl halides is 1. The van der Waals surface area contributed by atoms with Crippen LogP contribution in [0.2, 0.25) is 0 Å². The first kappa shape index (κ1) is 7.16. The van der Waals surface area contributed by atoms with Crippen LogP contribution in [0.4, 0.5) is 0 Å². The number of rotatable bonds is 0. The van der Waals surface area contributed by atoms with Crippen LogP contribution in [-0.4, -0.2) is 28.6 Å². The van der Waals surface area contributed by atoms with Crippen molar-refractivity contribution < 1.29 is 0 Å². The maximum Gasteiger partial charge on any atom is 0.148 e. The molecular formula is C5H8Cl2N2. The molecule has 2 nitrogen and oxygen atoms in total. The van der Waals surface area contributed by atoms with Crippen LogP contribution in [0.1, 0.15) is 6.92 Å². The molecule has 4 heteroatoms. The van der Waals surface area contributed by atoms with E-state index in [4.69, 9.17) is 23.2 Å². The maximum absolute atomic E-state index is 5.91. The number of nitrogens with zero attached hydrogens (tertiary/aromatic N) is 2. The smallest absolute Gasteiger partial charge is 0.148 e. The van der Waals surface area contributed by atoms with Crippen LogP contribution in [0, 0.1) is 0 Å². The summed E-state index contributed by atoms with van der Waals surface area (Å²) < 4.78 is 0. The Bertz CT molecular complexity index is 153. The van der Waals surface area contributed by atoms with E-state index in [0.717, 1.165) is 0 Å². The standard InChI is InChI=1S/C5H8Cl2N2/c1-5(7)3-9(2)8-4(5)6/h3H2,1-2H3. The molecule has 1 aliphatic heterocycles. The summed E-state index contributed by atoms with van der Waals surface area (Å²) in [6.07, 6.45) is 0. The Labute approximate surface area is 64.4 Å². The largest absolute Gasteiger partial charge is 0.297 e. The third-order valence-electron chi connectivity index (χ3n) is 1.21. The first-order chi connectivity index (χ1) is 4.02. The first-order valence-corrected chi connectivity index (χ1v) is 3.42. The van der Waals surface area contributed by atoms with Gasteiger partial charge >= 0.3 is 0 Å². The van der Waals surface area contributed by atoms with Crippen LogP contribution in [0.3, 0.4) is 0 Å². The van der Waals surface area contributed by atoms with Gasteiger partial charge in [-0.3, -0.25) is 5.01 Å². The van der Waals surface area contributed by atoms with Gasteiger partial charge in [-0.15, -0.1) is 11.6 Å². The van der Waals surface area contributed by atoms with Crippen LogP contribution >= 0.6 is 23.2 Å². The molecule has 0 spiro atoms. The minimum Gasteiger partial charge on any atom is -0.297 e. The van der Waals surface area contributed by atoms with E-state index in [2.05, 4.69) is 5.10 Å². The predicted octanol–water partition coefficient (Wildman–Crippen LogP) is 1.48. The van der Waals surface area contributed by atoms with E-state index in [-0.39, 0.29) is 0 Å². The molecule has 1 rings (SSSR count). The minimum absolute atomic E-state index is 0.462. The van der Waals surface area contributed by atoms with Gasteiger partial charge in [0.1, 0.15) is 10.0 Å². The fourth-order valence-electron chi connectivity index (χ4n) is 0.784. The lowest BCUT2D eigenvalue weighted by atomic mass is 10.2. The molecule has 0 saturated heterocycles. The average molecular weight is 167 g/mol. The summed E-state index contributed by atoms with van der Waals surface area (Å²) in [6.45, 7) is 2.54. The zero-order valence-corrected chi connectivity index (χ0v) is 6.87. The summed E-state index contributed by atoms with van der Waals surface area (Å²) in [5.74, 6) is 0. The zero-order valence-electron chi connectivity index (χ0n) is 5.36. The fraction of sp³-hybridized carbons (Fsp3) is 0.800. The van der Waals surface area contributed by atoms with Gasteiger partial charge in [0.25, 0.3) is 0 Å². The molecule has 1 aliphatic rings. The Balaban J connectivity index is 2.76. The molecule has 0 N–H and O–H groups in total. The summed E-state index contributed by atoms with van der Waals surface area (Å²) >= 11 is 11.6. The first-order valence-electron chi connectivity index (χ1n) is 2.67. The molecule has 0 amide bonds. The van der Waals surface area contributed by atoms with E-state index in [1.807, 2.05) is 14.0 Å². The number of hydrogen-bond acceptors (Lipinski definition) is 2. The molecule has 1 atom stereocenters. The van der Waals surface area contributed by atoms with Crippen LogP contribution in [-0.2, 0) is 0 Å². The molecule has 52 valence electrons. The Morgan fingerprint density at radius 1 is 1.78 bits per heavy atom. The van der Waals surface area contributed by atoms with Gasteiger partial charge in [0.2, 0.25) is 0 Å². The summed E-state index contributed by atoms with van der Waals surface area (Å²) in [5.41, 5.74) is 0. The maximum atomic E-state index is 5.91. The highest BCUT2D eigenvalue weighted by Crippen LogP contribution is 2.25. The predicted molar refractivity (Wildman–Crippen MR) is 40.2 cm³/mol. The third kappa shape index (κ3) is 1.30. The van der Waals surface area contributed by atoms with Crippen molar-refractivity contribution >= 4 is 28.4 Å². The van der Waals surface area contributed by atoms with E-state index in [9.17, 15) is 0 Å². The lowest BCUT2D eigenvalue weighted by Gasteiger charge is -2.12. The molecule has 1 unspecified atom stereocenters. The lowest BCUT2D eigenvalue weighted by Crippen LogP contribution is -2.28. The van der Waals surface area contributed by atoms with Gasteiger partial charge in [-0.2, -0.15) is 5.10 Å². The third-order valence-corrected chi connectivity index (χ3v) is 2.10. The van der Waals surface area contributed by atoms with Crippen LogP contribution in [0.15, 0.2) is 5.10 Å². The lowest BCUT2D eigenvalue weighted by molar-refractivity contribution is 0.375. The Morgan fingerprint density at radius 3 is 2.44 bits per heavy atom. The molecule has 1 heterocycles. The zero-order chi connectivity index (χ0) is 7.07. The minimum atomic E-state index is -0.462. The topological polar surface area (TPSA) is 15.6 Å². The van der Waals surface area contributed by atoms with E-state index in [1.54, 1.807) is 5.01 Å². The van der Waals surface area contributed by atoms with Gasteiger partial charge in [0.15, 0.2) is 0 Å². The van der Waals surface area contributed by atoms with Crippen LogP contribution in [0.5, 0.6) is 0 Å². The van der Waals surface area contributed by atoms with Crippen molar-refractivity contribution in [3.63, 3.8) is 0 Å². The molecule has 0 aromatic rings. The summed E-state index contributed by atoms with van der Waals surface area (Å²) in [4.78, 5) is -0.462. The Morgan fingerprint density at radius 2 is 2.33 bits per heavy atom. The molecule has 0 bridgehead atoms. The molecule has 0 radical (unpaired) electrons. The van der Waals surface area contributed by atoms with Crippen molar-refractivity contribution in [1.29, 1.82) is 0 Å². The molecule has 0 fully saturated rings. The summed E-state index contributed by atoms with van der Waals surface area (Å²) in [7, 11) is 1.84. The van der Waals surface area contributed by atoms with E-state index in [1.165, 1.54) is 0 Å². The highest BCUT2D eigenvalue weighted by molar-refractivity contribution is 6.72. The SMILES string of the molecule is CN1CC(C)(Cl)C(Cl)=N1. The second kappa shape index (κ2) is 2.03. The normalized spacial score (nSPS) is 35.1. The average Bonchev–Trinajstić information content (AvgIpc) is 1.79. The van der Waals surface area contributed by atoms with Gasteiger partial charge < -0.3 is 0 Å². The van der Waals surface area contributed by atoms with Gasteiger partial charge in [0, 0.05) is 7.05 Å². The van der Waals surface area contributed by atoms with Crippen molar-refractivity contribution in [2.75, 3.05) is 13.6 Å². The van der Waals surface area contributed by atoms with E-state index >= 15 is 0 Å². The Kier molecular flexibility index (Phi) is 1.61. The molecule has 0 aliphatic carbocycles. The Hall–Kier alpha value is 0.0500. The second-order valence-electron chi connectivity index (χ2n) is 2.40. The highest BCUT2D eigenvalue weighted by Gasteiger charge is 2.33. The molecule has 0 saturated carbocycles. The van der Waals surface area contributed by atoms with E-state index < -0.39 is 4.87 Å². The van der Waals surface area contributed by atoms with Gasteiger partial charge in [-0.1, -0.05) is 11.6 Å². The van der Waals surface area contributed by atoms with Crippen molar-refractivity contribution in [3.05, 3.63) is 0 Å². The van der Waals surface area contributed by atoms with Gasteiger partial charge in [0.05, 0.1) is 6.54 Å². The monoisotopic (exact) mass is 166 g/mol. The summed E-state index contributed by atoms with van der Waals surface area (Å²) in [6, 6.07) is 0. The molecule has 0 aromatic carbocycles. The van der Waals surface area contributed by atoms with Crippen molar-refractivity contribution in [1.82, 2.24) is 5.01 Å². The summed E-state index contributed by atoms with van der Waals surface area (Å²) in [5, 5.41) is 6.14. The number of hydrogen-bond donors (Lipinski definition) is 0. The van der Waals surface area contributed by atoms with Crippen molar-refractivity contribution in [3.8, 4) is 0 Å². The van der Waals surface area contributed by atoms with Crippen LogP contribution in [0.25, 0.3) is 0 Å². The molecular weight excluding hydrogens is 159 g/mol. The van der Waals surface area contributed by atoms with Gasteiger partial charge in [-0.25, -0.2) is 0 Å². The highest BCUT2D eigenvalue weighted by atomic mass is 35.5. The van der Waals surface area contributed by atoms with Crippen molar-refractivity contribution in [2.45, 2.75) is 11.8 Å². The van der Waals surface area contributed by atoms with Crippen molar-refractivity contribution in [2.24, 2.45) is 5.10 Å². The van der Waals surface area contributed by atoms with E-state index in [0.29, 0.717) is 11.7 Å². The second-order valence-corrected chi connectivity index (χ2v) is 3.60. The quantitative estimate of drug-likeness (QED) is 0.499. The fourth-order valence-corrected chi connectivity index (χ4v) is 1.18. The van der Waals surface area contributed by atoms with Gasteiger partial charge in [-0.05, 0) is 6.92 Å². The molecule has 9 heavy (non-hydrogen) atoms. The van der Waals surface area contributed by atoms with Crippen LogP contribution < -0.4 is 0 Å². The molecule has 0 aromatic heterocycles. The number of halogens is 2.